The predicted molar refractivity (Wildman–Crippen MR) is 92.4 cm³/mol. The summed E-state index contributed by atoms with van der Waals surface area (Å²) < 4.78 is 10.4. The van der Waals surface area contributed by atoms with Gasteiger partial charge < -0.3 is 19.7 Å². The molecule has 2 amide bonds. The van der Waals surface area contributed by atoms with Gasteiger partial charge in [-0.25, -0.2) is 0 Å². The number of hydrogen-bond donors (Lipinski definition) is 1. The number of nitrogens with zero attached hydrogens (tertiary/aromatic N) is 1. The first-order valence-electron chi connectivity index (χ1n) is 8.39. The Labute approximate surface area is 143 Å². The minimum atomic E-state index is -0.314. The first-order chi connectivity index (χ1) is 11.6. The Hall–Kier alpha value is -2.24. The fraction of sp³-hybridized carbons (Fsp3) is 0.556. The first-order valence-corrected chi connectivity index (χ1v) is 8.39. The number of nitrogens with one attached hydrogen (secondary N) is 1. The molecule has 1 unspecified atom stereocenters. The molecule has 1 aliphatic heterocycles. The third kappa shape index (κ3) is 4.40. The maximum atomic E-state index is 12.5. The topological polar surface area (TPSA) is 67.9 Å². The number of ether oxygens (including phenoxy) is 2. The van der Waals surface area contributed by atoms with E-state index in [9.17, 15) is 9.59 Å². The van der Waals surface area contributed by atoms with Crippen molar-refractivity contribution >= 4 is 17.5 Å². The normalized spacial score (nSPS) is 17.0. The van der Waals surface area contributed by atoms with Gasteiger partial charge in [0.25, 0.3) is 0 Å². The van der Waals surface area contributed by atoms with Crippen molar-refractivity contribution < 1.29 is 19.1 Å². The molecular weight excluding hydrogens is 308 g/mol. The highest BCUT2D eigenvalue weighted by atomic mass is 16.5. The Morgan fingerprint density at radius 2 is 2.08 bits per heavy atom. The molecule has 1 aromatic rings. The van der Waals surface area contributed by atoms with E-state index >= 15 is 0 Å². The number of carbonyl (C=O) groups is 2. The number of likely N-dealkylation sites (tertiary alicyclic amines) is 1. The minimum absolute atomic E-state index is 0.0629. The number of anilines is 1. The third-order valence-corrected chi connectivity index (χ3v) is 4.28. The molecular formula is C18H26N2O4. The second kappa shape index (κ2) is 8.57. The van der Waals surface area contributed by atoms with Crippen LogP contribution in [0, 0.1) is 5.92 Å². The summed E-state index contributed by atoms with van der Waals surface area (Å²) >= 11 is 0. The number of benzene rings is 1. The predicted octanol–water partition coefficient (Wildman–Crippen LogP) is 2.68. The van der Waals surface area contributed by atoms with Gasteiger partial charge >= 0.3 is 0 Å². The number of rotatable bonds is 8. The molecule has 1 saturated heterocycles. The Balaban J connectivity index is 1.97. The number of amides is 2. The summed E-state index contributed by atoms with van der Waals surface area (Å²) in [5.74, 6) is 0.790. The maximum Gasteiger partial charge on any atom is 0.229 e. The van der Waals surface area contributed by atoms with Gasteiger partial charge in [-0.15, -0.1) is 0 Å². The zero-order valence-corrected chi connectivity index (χ0v) is 14.6. The molecule has 132 valence electrons. The van der Waals surface area contributed by atoms with E-state index in [-0.39, 0.29) is 24.2 Å². The van der Waals surface area contributed by atoms with Crippen molar-refractivity contribution in [1.82, 2.24) is 4.90 Å². The van der Waals surface area contributed by atoms with Gasteiger partial charge in [-0.1, -0.05) is 19.8 Å². The molecule has 6 heteroatoms. The molecule has 1 heterocycles. The smallest absolute Gasteiger partial charge is 0.229 e. The van der Waals surface area contributed by atoms with Crippen LogP contribution in [0.4, 0.5) is 5.69 Å². The highest BCUT2D eigenvalue weighted by molar-refractivity contribution is 5.98. The lowest BCUT2D eigenvalue weighted by molar-refractivity contribution is -0.128. The molecule has 6 nitrogen and oxygen atoms in total. The van der Waals surface area contributed by atoms with Crippen molar-refractivity contribution in [2.75, 3.05) is 32.6 Å². The number of unbranched alkanes of at least 4 members (excludes halogenated alkanes) is 2. The van der Waals surface area contributed by atoms with Gasteiger partial charge in [0.15, 0.2) is 0 Å². The molecule has 0 aromatic heterocycles. The molecule has 1 aliphatic rings. The Bertz CT molecular complexity index is 588. The van der Waals surface area contributed by atoms with Crippen molar-refractivity contribution in [1.29, 1.82) is 0 Å². The highest BCUT2D eigenvalue weighted by Gasteiger charge is 2.34. The molecule has 1 fully saturated rings. The van der Waals surface area contributed by atoms with Crippen LogP contribution in [0.1, 0.15) is 32.6 Å². The lowest BCUT2D eigenvalue weighted by Gasteiger charge is -2.17. The van der Waals surface area contributed by atoms with E-state index in [1.165, 1.54) is 0 Å². The fourth-order valence-electron chi connectivity index (χ4n) is 2.85. The average Bonchev–Trinajstić information content (AvgIpc) is 2.96. The fourth-order valence-corrected chi connectivity index (χ4v) is 2.85. The van der Waals surface area contributed by atoms with Crippen LogP contribution in [0.5, 0.6) is 11.5 Å². The summed E-state index contributed by atoms with van der Waals surface area (Å²) in [4.78, 5) is 26.3. The van der Waals surface area contributed by atoms with Crippen LogP contribution in [0.25, 0.3) is 0 Å². The van der Waals surface area contributed by atoms with Crippen molar-refractivity contribution in [3.63, 3.8) is 0 Å². The van der Waals surface area contributed by atoms with Gasteiger partial charge in [0.1, 0.15) is 11.5 Å². The molecule has 2 rings (SSSR count). The van der Waals surface area contributed by atoms with Crippen LogP contribution >= 0.6 is 0 Å². The third-order valence-electron chi connectivity index (χ3n) is 4.28. The Morgan fingerprint density at radius 1 is 1.29 bits per heavy atom. The van der Waals surface area contributed by atoms with Crippen molar-refractivity contribution in [2.24, 2.45) is 5.92 Å². The van der Waals surface area contributed by atoms with Gasteiger partial charge in [-0.05, 0) is 18.6 Å². The zero-order chi connectivity index (χ0) is 17.5. The second-order valence-electron chi connectivity index (χ2n) is 6.00. The van der Waals surface area contributed by atoms with Crippen LogP contribution in [0.3, 0.4) is 0 Å². The minimum Gasteiger partial charge on any atom is -0.497 e. The lowest BCUT2D eigenvalue weighted by atomic mass is 10.1. The zero-order valence-electron chi connectivity index (χ0n) is 14.6. The van der Waals surface area contributed by atoms with E-state index in [0.29, 0.717) is 23.7 Å². The Kier molecular flexibility index (Phi) is 6.46. The number of hydrogen-bond acceptors (Lipinski definition) is 4. The van der Waals surface area contributed by atoms with Crippen LogP contribution < -0.4 is 14.8 Å². The molecule has 0 saturated carbocycles. The monoisotopic (exact) mass is 334 g/mol. The summed E-state index contributed by atoms with van der Waals surface area (Å²) in [5.41, 5.74) is 0.584. The molecule has 0 spiro atoms. The van der Waals surface area contributed by atoms with E-state index in [1.54, 1.807) is 37.3 Å². The first kappa shape index (κ1) is 18.1. The van der Waals surface area contributed by atoms with Gasteiger partial charge in [0.05, 0.1) is 25.8 Å². The summed E-state index contributed by atoms with van der Waals surface area (Å²) in [7, 11) is 3.11. The lowest BCUT2D eigenvalue weighted by Crippen LogP contribution is -2.29. The summed E-state index contributed by atoms with van der Waals surface area (Å²) in [6.45, 7) is 3.36. The quantitative estimate of drug-likeness (QED) is 0.742. The van der Waals surface area contributed by atoms with Crippen LogP contribution in [0.2, 0.25) is 0 Å². The van der Waals surface area contributed by atoms with Gasteiger partial charge in [0, 0.05) is 25.6 Å². The molecule has 24 heavy (non-hydrogen) atoms. The summed E-state index contributed by atoms with van der Waals surface area (Å²) in [6, 6.07) is 5.22. The van der Waals surface area contributed by atoms with Crippen molar-refractivity contribution in [3.8, 4) is 11.5 Å². The Morgan fingerprint density at radius 3 is 2.75 bits per heavy atom. The van der Waals surface area contributed by atoms with Crippen molar-refractivity contribution in [3.05, 3.63) is 18.2 Å². The molecule has 0 aliphatic carbocycles. The van der Waals surface area contributed by atoms with E-state index in [2.05, 4.69) is 12.2 Å². The number of methoxy groups -OCH3 is 2. The molecule has 0 radical (unpaired) electrons. The molecule has 1 atom stereocenters. The average molecular weight is 334 g/mol. The maximum absolute atomic E-state index is 12.5. The highest BCUT2D eigenvalue weighted by Crippen LogP contribution is 2.30. The largest absolute Gasteiger partial charge is 0.497 e. The van der Waals surface area contributed by atoms with Crippen molar-refractivity contribution in [2.45, 2.75) is 32.6 Å². The van der Waals surface area contributed by atoms with E-state index in [4.69, 9.17) is 9.47 Å². The van der Waals surface area contributed by atoms with Crippen LogP contribution in [-0.2, 0) is 9.59 Å². The SMILES string of the molecule is CCCCCN1CC(C(=O)Nc2ccc(OC)cc2OC)CC1=O. The second-order valence-corrected chi connectivity index (χ2v) is 6.00. The van der Waals surface area contributed by atoms with Crippen LogP contribution in [0.15, 0.2) is 18.2 Å². The van der Waals surface area contributed by atoms with Gasteiger partial charge in [-0.3, -0.25) is 9.59 Å². The van der Waals surface area contributed by atoms with Gasteiger partial charge in [-0.2, -0.15) is 0 Å². The van der Waals surface area contributed by atoms with E-state index in [0.717, 1.165) is 25.8 Å². The van der Waals surface area contributed by atoms with E-state index < -0.39 is 0 Å². The van der Waals surface area contributed by atoms with E-state index in [1.807, 2.05) is 0 Å². The summed E-state index contributed by atoms with van der Waals surface area (Å²) in [6.07, 6.45) is 3.48. The van der Waals surface area contributed by atoms with Crippen LogP contribution in [-0.4, -0.2) is 44.0 Å². The molecule has 1 N–H and O–H groups in total. The molecule has 1 aromatic carbocycles. The van der Waals surface area contributed by atoms with Gasteiger partial charge in [0.2, 0.25) is 11.8 Å². The summed E-state index contributed by atoms with van der Waals surface area (Å²) in [5, 5.41) is 2.86. The standard InChI is InChI=1S/C18H26N2O4/c1-4-5-6-9-20-12-13(10-17(20)21)18(22)19-15-8-7-14(23-2)11-16(15)24-3/h7-8,11,13H,4-6,9-10,12H2,1-3H3,(H,19,22). The number of carbonyl (C=O) groups excluding carboxylic acids is 2. The molecule has 0 bridgehead atoms.